The molecule has 0 saturated heterocycles. The smallest absolute Gasteiger partial charge is 0.337 e. The molecular weight excluding hydrogens is 330 g/mol. The SMILES string of the molecule is CC(CCNc1cc(Br)ccc1C(=O)O)c1ccccc1. The third-order valence-corrected chi connectivity index (χ3v) is 3.97. The largest absolute Gasteiger partial charge is 0.478 e. The molecule has 110 valence electrons. The summed E-state index contributed by atoms with van der Waals surface area (Å²) < 4.78 is 0.867. The molecule has 2 N–H and O–H groups in total. The molecule has 2 rings (SSSR count). The van der Waals surface area contributed by atoms with Crippen molar-refractivity contribution >= 4 is 27.6 Å². The first-order chi connectivity index (χ1) is 10.1. The van der Waals surface area contributed by atoms with Crippen molar-refractivity contribution in [3.05, 3.63) is 64.1 Å². The molecule has 0 aromatic heterocycles. The van der Waals surface area contributed by atoms with Crippen molar-refractivity contribution in [3.8, 4) is 0 Å². The lowest BCUT2D eigenvalue weighted by Gasteiger charge is -2.14. The Kier molecular flexibility index (Phi) is 5.39. The molecule has 0 aliphatic heterocycles. The van der Waals surface area contributed by atoms with Gasteiger partial charge in [-0.1, -0.05) is 53.2 Å². The van der Waals surface area contributed by atoms with Crippen LogP contribution in [-0.4, -0.2) is 17.6 Å². The summed E-state index contributed by atoms with van der Waals surface area (Å²) in [6, 6.07) is 15.5. The number of carboxylic acid groups (broad SMARTS) is 1. The van der Waals surface area contributed by atoms with Gasteiger partial charge in [0.1, 0.15) is 0 Å². The first-order valence-corrected chi connectivity index (χ1v) is 7.69. The number of anilines is 1. The highest BCUT2D eigenvalue weighted by Crippen LogP contribution is 2.23. The van der Waals surface area contributed by atoms with Crippen molar-refractivity contribution in [1.82, 2.24) is 0 Å². The van der Waals surface area contributed by atoms with Gasteiger partial charge in [-0.05, 0) is 36.1 Å². The Balaban J connectivity index is 1.97. The summed E-state index contributed by atoms with van der Waals surface area (Å²) in [5, 5.41) is 12.4. The van der Waals surface area contributed by atoms with Gasteiger partial charge in [0.2, 0.25) is 0 Å². The van der Waals surface area contributed by atoms with Crippen LogP contribution >= 0.6 is 15.9 Å². The number of hydrogen-bond acceptors (Lipinski definition) is 2. The molecule has 2 aromatic carbocycles. The van der Waals surface area contributed by atoms with E-state index in [9.17, 15) is 9.90 Å². The Morgan fingerprint density at radius 2 is 1.95 bits per heavy atom. The molecule has 0 spiro atoms. The summed E-state index contributed by atoms with van der Waals surface area (Å²) >= 11 is 3.37. The number of benzene rings is 2. The van der Waals surface area contributed by atoms with Crippen LogP contribution in [0.1, 0.15) is 35.2 Å². The highest BCUT2D eigenvalue weighted by molar-refractivity contribution is 9.10. The fourth-order valence-corrected chi connectivity index (χ4v) is 2.58. The fraction of sp³-hybridized carbons (Fsp3) is 0.235. The minimum Gasteiger partial charge on any atom is -0.478 e. The van der Waals surface area contributed by atoms with Crippen LogP contribution in [0.2, 0.25) is 0 Å². The molecule has 0 aliphatic rings. The molecule has 21 heavy (non-hydrogen) atoms. The quantitative estimate of drug-likeness (QED) is 0.792. The average molecular weight is 348 g/mol. The van der Waals surface area contributed by atoms with Gasteiger partial charge in [-0.2, -0.15) is 0 Å². The van der Waals surface area contributed by atoms with Crippen LogP contribution in [0.5, 0.6) is 0 Å². The Labute approximate surface area is 133 Å². The van der Waals surface area contributed by atoms with Crippen LogP contribution in [0.25, 0.3) is 0 Å². The maximum Gasteiger partial charge on any atom is 0.337 e. The molecule has 0 amide bonds. The lowest BCUT2D eigenvalue weighted by atomic mass is 9.98. The Morgan fingerprint density at radius 1 is 1.24 bits per heavy atom. The van der Waals surface area contributed by atoms with Gasteiger partial charge in [0.05, 0.1) is 5.56 Å². The number of hydrogen-bond donors (Lipinski definition) is 2. The van der Waals surface area contributed by atoms with Crippen molar-refractivity contribution in [2.75, 3.05) is 11.9 Å². The van der Waals surface area contributed by atoms with Crippen LogP contribution in [-0.2, 0) is 0 Å². The van der Waals surface area contributed by atoms with Gasteiger partial charge < -0.3 is 10.4 Å². The maximum atomic E-state index is 11.2. The molecule has 0 heterocycles. The van der Waals surface area contributed by atoms with Gasteiger partial charge in [0, 0.05) is 16.7 Å². The van der Waals surface area contributed by atoms with Gasteiger partial charge in [-0.25, -0.2) is 4.79 Å². The van der Waals surface area contributed by atoms with Gasteiger partial charge in [-0.15, -0.1) is 0 Å². The normalized spacial score (nSPS) is 11.9. The van der Waals surface area contributed by atoms with E-state index in [0.717, 1.165) is 17.4 Å². The molecule has 3 nitrogen and oxygen atoms in total. The van der Waals surface area contributed by atoms with Crippen LogP contribution in [0, 0.1) is 0 Å². The Hall–Kier alpha value is -1.81. The van der Waals surface area contributed by atoms with E-state index in [2.05, 4.69) is 40.3 Å². The van der Waals surface area contributed by atoms with Gasteiger partial charge in [0.15, 0.2) is 0 Å². The topological polar surface area (TPSA) is 49.3 Å². The second-order valence-corrected chi connectivity index (χ2v) is 5.94. The second-order valence-electron chi connectivity index (χ2n) is 5.02. The van der Waals surface area contributed by atoms with E-state index in [4.69, 9.17) is 0 Å². The van der Waals surface area contributed by atoms with Crippen LogP contribution in [0.3, 0.4) is 0 Å². The molecule has 0 radical (unpaired) electrons. The summed E-state index contributed by atoms with van der Waals surface area (Å²) in [6.07, 6.45) is 0.940. The zero-order valence-electron chi connectivity index (χ0n) is 11.8. The van der Waals surface area contributed by atoms with E-state index < -0.39 is 5.97 Å². The summed E-state index contributed by atoms with van der Waals surface area (Å²) in [5.74, 6) is -0.486. The number of aromatic carboxylic acids is 1. The highest BCUT2D eigenvalue weighted by Gasteiger charge is 2.11. The van der Waals surface area contributed by atoms with E-state index in [-0.39, 0.29) is 0 Å². The van der Waals surface area contributed by atoms with Crippen molar-refractivity contribution < 1.29 is 9.90 Å². The molecule has 1 atom stereocenters. The molecule has 1 unspecified atom stereocenters. The fourth-order valence-electron chi connectivity index (χ4n) is 2.22. The number of carboxylic acids is 1. The van der Waals surface area contributed by atoms with E-state index in [1.807, 2.05) is 18.2 Å². The second kappa shape index (κ2) is 7.27. The number of halogens is 1. The average Bonchev–Trinajstić information content (AvgIpc) is 2.48. The van der Waals surface area contributed by atoms with Crippen molar-refractivity contribution in [3.63, 3.8) is 0 Å². The number of nitrogens with one attached hydrogen (secondary N) is 1. The zero-order valence-corrected chi connectivity index (χ0v) is 13.4. The number of carbonyl (C=O) groups is 1. The van der Waals surface area contributed by atoms with E-state index in [0.29, 0.717) is 17.2 Å². The summed E-state index contributed by atoms with van der Waals surface area (Å²) in [6.45, 7) is 2.91. The first kappa shape index (κ1) is 15.6. The predicted molar refractivity (Wildman–Crippen MR) is 89.1 cm³/mol. The van der Waals surface area contributed by atoms with Crippen molar-refractivity contribution in [1.29, 1.82) is 0 Å². The van der Waals surface area contributed by atoms with Gasteiger partial charge in [-0.3, -0.25) is 0 Å². The minimum absolute atomic E-state index is 0.297. The summed E-state index contributed by atoms with van der Waals surface area (Å²) in [7, 11) is 0. The molecule has 4 heteroatoms. The molecule has 0 aliphatic carbocycles. The van der Waals surface area contributed by atoms with Crippen LogP contribution < -0.4 is 5.32 Å². The lowest BCUT2D eigenvalue weighted by Crippen LogP contribution is -2.10. The zero-order chi connectivity index (χ0) is 15.2. The van der Waals surface area contributed by atoms with Gasteiger partial charge in [0.25, 0.3) is 0 Å². The number of rotatable bonds is 6. The molecule has 0 fully saturated rings. The third-order valence-electron chi connectivity index (χ3n) is 3.47. The molecular formula is C17H18BrNO2. The van der Waals surface area contributed by atoms with E-state index in [1.54, 1.807) is 18.2 Å². The Morgan fingerprint density at radius 3 is 2.62 bits per heavy atom. The molecule has 0 bridgehead atoms. The highest BCUT2D eigenvalue weighted by atomic mass is 79.9. The maximum absolute atomic E-state index is 11.2. The predicted octanol–water partition coefficient (Wildman–Crippen LogP) is 4.75. The van der Waals surface area contributed by atoms with Crippen molar-refractivity contribution in [2.24, 2.45) is 0 Å². The lowest BCUT2D eigenvalue weighted by molar-refractivity contribution is 0.0698. The van der Waals surface area contributed by atoms with Crippen LogP contribution in [0.4, 0.5) is 5.69 Å². The van der Waals surface area contributed by atoms with E-state index in [1.165, 1.54) is 5.56 Å². The van der Waals surface area contributed by atoms with E-state index >= 15 is 0 Å². The summed E-state index contributed by atoms with van der Waals surface area (Å²) in [5.41, 5.74) is 2.25. The molecule has 0 saturated carbocycles. The monoisotopic (exact) mass is 347 g/mol. The summed E-state index contributed by atoms with van der Waals surface area (Å²) in [4.78, 5) is 11.2. The standard InChI is InChI=1S/C17H18BrNO2/c1-12(13-5-3-2-4-6-13)9-10-19-16-11-14(18)7-8-15(16)17(20)21/h2-8,11-12,19H,9-10H2,1H3,(H,20,21). The first-order valence-electron chi connectivity index (χ1n) is 6.89. The Bertz CT molecular complexity index is 613. The molecule has 2 aromatic rings. The van der Waals surface area contributed by atoms with Gasteiger partial charge >= 0.3 is 5.97 Å². The minimum atomic E-state index is -0.916. The third kappa shape index (κ3) is 4.33. The van der Waals surface area contributed by atoms with Crippen LogP contribution in [0.15, 0.2) is 53.0 Å². The van der Waals surface area contributed by atoms with Crippen molar-refractivity contribution in [2.45, 2.75) is 19.3 Å².